The lowest BCUT2D eigenvalue weighted by Gasteiger charge is -2.34. The van der Waals surface area contributed by atoms with Gasteiger partial charge in [-0.15, -0.1) is 0 Å². The van der Waals surface area contributed by atoms with Gasteiger partial charge in [0.05, 0.1) is 22.4 Å². The molecule has 268 valence electrons. The molecule has 9 aromatic rings. The third kappa shape index (κ3) is 4.56. The van der Waals surface area contributed by atoms with Crippen LogP contribution in [0.25, 0.3) is 60.9 Å². The lowest BCUT2D eigenvalue weighted by atomic mass is 9.81. The van der Waals surface area contributed by atoms with Crippen LogP contribution < -0.4 is 4.90 Å². The van der Waals surface area contributed by atoms with Gasteiger partial charge in [-0.25, -0.2) is 0 Å². The first-order chi connectivity index (χ1) is 27.3. The Hall–Kier alpha value is -6.64. The molecule has 2 heteroatoms. The number of para-hydroxylation sites is 2. The van der Waals surface area contributed by atoms with Crippen LogP contribution in [0.2, 0.25) is 0 Å². The highest BCUT2D eigenvalue weighted by atomic mass is 15.2. The van der Waals surface area contributed by atoms with Crippen molar-refractivity contribution < 1.29 is 0 Å². The Morgan fingerprint density at radius 3 is 1.86 bits per heavy atom. The molecule has 0 fully saturated rings. The summed E-state index contributed by atoms with van der Waals surface area (Å²) in [6, 6.07) is 67.5. The van der Waals surface area contributed by atoms with Gasteiger partial charge in [-0.1, -0.05) is 155 Å². The van der Waals surface area contributed by atoms with Crippen LogP contribution >= 0.6 is 0 Å². The number of nitrogens with zero attached hydrogens (tertiary/aromatic N) is 2. The summed E-state index contributed by atoms with van der Waals surface area (Å²) in [5, 5.41) is 2.51. The molecule has 0 unspecified atom stereocenters. The predicted octanol–water partition coefficient (Wildman–Crippen LogP) is 14.5. The molecule has 2 aliphatic carbocycles. The van der Waals surface area contributed by atoms with Gasteiger partial charge in [-0.2, -0.15) is 0 Å². The summed E-state index contributed by atoms with van der Waals surface area (Å²) in [7, 11) is 0. The summed E-state index contributed by atoms with van der Waals surface area (Å²) in [6.45, 7) is 9.53. The van der Waals surface area contributed by atoms with Crippen molar-refractivity contribution >= 4 is 38.9 Å². The fourth-order valence-corrected chi connectivity index (χ4v) is 10.2. The topological polar surface area (TPSA) is 8.17 Å². The molecule has 0 saturated carbocycles. The summed E-state index contributed by atoms with van der Waals surface area (Å²) in [5.41, 5.74) is 20.0. The van der Waals surface area contributed by atoms with Crippen LogP contribution in [0.5, 0.6) is 0 Å². The molecule has 2 nitrogen and oxygen atoms in total. The Balaban J connectivity index is 1.15. The van der Waals surface area contributed by atoms with E-state index in [0.29, 0.717) is 0 Å². The molecule has 1 heterocycles. The van der Waals surface area contributed by atoms with Crippen LogP contribution in [0.4, 0.5) is 17.1 Å². The van der Waals surface area contributed by atoms with E-state index >= 15 is 0 Å². The quantitative estimate of drug-likeness (QED) is 0.172. The van der Waals surface area contributed by atoms with Crippen molar-refractivity contribution in [1.82, 2.24) is 4.57 Å². The van der Waals surface area contributed by atoms with Crippen LogP contribution in [0.3, 0.4) is 0 Å². The maximum absolute atomic E-state index is 2.56. The number of hydrogen-bond donors (Lipinski definition) is 0. The van der Waals surface area contributed by atoms with Crippen molar-refractivity contribution in [2.45, 2.75) is 38.5 Å². The van der Waals surface area contributed by atoms with Crippen molar-refractivity contribution in [2.75, 3.05) is 4.90 Å². The Morgan fingerprint density at radius 2 is 1.02 bits per heavy atom. The average Bonchev–Trinajstić information content (AvgIpc) is 3.79. The first-order valence-corrected chi connectivity index (χ1v) is 19.8. The second kappa shape index (κ2) is 11.9. The van der Waals surface area contributed by atoms with Crippen molar-refractivity contribution in [3.05, 3.63) is 204 Å². The van der Waals surface area contributed by atoms with E-state index in [9.17, 15) is 0 Å². The van der Waals surface area contributed by atoms with E-state index in [-0.39, 0.29) is 10.8 Å². The molecule has 0 saturated heterocycles. The number of fused-ring (bicyclic) bond motifs is 9. The number of benzene rings is 8. The van der Waals surface area contributed by atoms with Gasteiger partial charge in [-0.3, -0.25) is 0 Å². The van der Waals surface area contributed by atoms with Crippen LogP contribution in [0.1, 0.15) is 49.9 Å². The predicted molar refractivity (Wildman–Crippen MR) is 236 cm³/mol. The fourth-order valence-electron chi connectivity index (χ4n) is 10.2. The second-order valence-electron chi connectivity index (χ2n) is 16.5. The standard InChI is InChI=1S/C54H42N2/c1-53(2)45-26-12-9-23-42(45)51-46(53)27-16-29-49(51)56(50-30-15-24-41-39-21-8-11-25-44(39)54(3,4)52(41)50)38-20-14-17-35(33-38)36-31-32-48-43(34-36)40-22-10-13-28-47(40)55(48)37-18-6-5-7-19-37/h5-34H,1-4H3. The minimum atomic E-state index is -0.189. The molecule has 0 amide bonds. The maximum atomic E-state index is 2.56. The maximum Gasteiger partial charge on any atom is 0.0543 e. The highest BCUT2D eigenvalue weighted by molar-refractivity contribution is 6.10. The summed E-state index contributed by atoms with van der Waals surface area (Å²) in [4.78, 5) is 2.56. The van der Waals surface area contributed by atoms with Crippen LogP contribution in [-0.2, 0) is 10.8 Å². The number of hydrogen-bond acceptors (Lipinski definition) is 1. The first-order valence-electron chi connectivity index (χ1n) is 19.8. The third-order valence-corrected chi connectivity index (χ3v) is 12.8. The Labute approximate surface area is 328 Å². The van der Waals surface area contributed by atoms with Crippen LogP contribution in [0, 0.1) is 0 Å². The Kier molecular flexibility index (Phi) is 6.98. The molecular formula is C54H42N2. The molecule has 11 rings (SSSR count). The van der Waals surface area contributed by atoms with Crippen molar-refractivity contribution in [3.8, 4) is 39.1 Å². The summed E-state index contributed by atoms with van der Waals surface area (Å²) in [6.07, 6.45) is 0. The minimum absolute atomic E-state index is 0.113. The molecule has 0 bridgehead atoms. The molecule has 0 aliphatic heterocycles. The van der Waals surface area contributed by atoms with Gasteiger partial charge in [0.15, 0.2) is 0 Å². The van der Waals surface area contributed by atoms with E-state index in [4.69, 9.17) is 0 Å². The number of rotatable bonds is 5. The fraction of sp³-hybridized carbons (Fsp3) is 0.111. The van der Waals surface area contributed by atoms with E-state index < -0.39 is 0 Å². The zero-order valence-electron chi connectivity index (χ0n) is 32.2. The molecule has 0 N–H and O–H groups in total. The molecule has 0 spiro atoms. The zero-order chi connectivity index (χ0) is 37.8. The Morgan fingerprint density at radius 1 is 0.411 bits per heavy atom. The van der Waals surface area contributed by atoms with Crippen molar-refractivity contribution in [1.29, 1.82) is 0 Å². The van der Waals surface area contributed by atoms with E-state index in [1.165, 1.54) is 94.5 Å². The summed E-state index contributed by atoms with van der Waals surface area (Å²) >= 11 is 0. The van der Waals surface area contributed by atoms with Gasteiger partial charge in [0.1, 0.15) is 0 Å². The van der Waals surface area contributed by atoms with Gasteiger partial charge in [-0.05, 0) is 105 Å². The monoisotopic (exact) mass is 718 g/mol. The van der Waals surface area contributed by atoms with Gasteiger partial charge in [0.2, 0.25) is 0 Å². The van der Waals surface area contributed by atoms with Crippen LogP contribution in [-0.4, -0.2) is 4.57 Å². The lowest BCUT2D eigenvalue weighted by Crippen LogP contribution is -2.21. The smallest absolute Gasteiger partial charge is 0.0543 e. The van der Waals surface area contributed by atoms with Gasteiger partial charge in [0, 0.05) is 38.5 Å². The van der Waals surface area contributed by atoms with Crippen LogP contribution in [0.15, 0.2) is 182 Å². The normalized spacial score (nSPS) is 14.4. The Bertz CT molecular complexity index is 3030. The van der Waals surface area contributed by atoms with E-state index in [2.05, 4.69) is 219 Å². The first kappa shape index (κ1) is 32.8. The van der Waals surface area contributed by atoms with Gasteiger partial charge in [0.25, 0.3) is 0 Å². The largest absolute Gasteiger partial charge is 0.310 e. The molecule has 1 aromatic heterocycles. The SMILES string of the molecule is CC1(C)c2ccccc2-c2c(N(c3cccc(-c4ccc5c(c4)c4ccccc4n5-c4ccccc4)c3)c3cccc4c3C(C)(C)c3ccccc3-4)cccc21. The molecule has 56 heavy (non-hydrogen) atoms. The molecule has 8 aromatic carbocycles. The highest BCUT2D eigenvalue weighted by Crippen LogP contribution is 2.58. The molecule has 0 radical (unpaired) electrons. The van der Waals surface area contributed by atoms with Gasteiger partial charge < -0.3 is 9.47 Å². The molecular weight excluding hydrogens is 677 g/mol. The van der Waals surface area contributed by atoms with E-state index in [0.717, 1.165) is 5.69 Å². The van der Waals surface area contributed by atoms with E-state index in [1.54, 1.807) is 0 Å². The zero-order valence-corrected chi connectivity index (χ0v) is 32.2. The van der Waals surface area contributed by atoms with Crippen molar-refractivity contribution in [3.63, 3.8) is 0 Å². The second-order valence-corrected chi connectivity index (χ2v) is 16.5. The average molecular weight is 719 g/mol. The number of anilines is 3. The third-order valence-electron chi connectivity index (χ3n) is 12.8. The van der Waals surface area contributed by atoms with E-state index in [1.807, 2.05) is 0 Å². The highest BCUT2D eigenvalue weighted by Gasteiger charge is 2.41. The minimum Gasteiger partial charge on any atom is -0.310 e. The lowest BCUT2D eigenvalue weighted by molar-refractivity contribution is 0.659. The number of aromatic nitrogens is 1. The van der Waals surface area contributed by atoms with Crippen molar-refractivity contribution in [2.24, 2.45) is 0 Å². The summed E-state index contributed by atoms with van der Waals surface area (Å²) in [5.74, 6) is 0. The molecule has 2 aliphatic rings. The van der Waals surface area contributed by atoms with Gasteiger partial charge >= 0.3 is 0 Å². The molecule has 0 atom stereocenters. The summed E-state index contributed by atoms with van der Waals surface area (Å²) < 4.78 is 2.39.